The molecule has 7 atom stereocenters. The topological polar surface area (TPSA) is 120 Å². The highest BCUT2D eigenvalue weighted by molar-refractivity contribution is 4.89. The van der Waals surface area contributed by atoms with Gasteiger partial charge in [0.05, 0.1) is 18.8 Å². The van der Waals surface area contributed by atoms with Crippen molar-refractivity contribution < 1.29 is 35.0 Å². The fourth-order valence-electron chi connectivity index (χ4n) is 2.36. The van der Waals surface area contributed by atoms with E-state index >= 15 is 0 Å². The maximum absolute atomic E-state index is 9.87. The van der Waals surface area contributed by atoms with Gasteiger partial charge in [-0.25, -0.2) is 0 Å². The van der Waals surface area contributed by atoms with Gasteiger partial charge in [-0.3, -0.25) is 0 Å². The lowest BCUT2D eigenvalue weighted by atomic mass is 9.99. The molecule has 5 N–H and O–H groups in total. The second kappa shape index (κ2) is 9.57. The SMILES string of the molecule is CC/C=C\C[C@@H](O)C[C@@H](C)O[C@@H]1O[C@H](CO)[C@@H](O)[C@H](O)[C@H]1O. The Morgan fingerprint density at radius 1 is 1.14 bits per heavy atom. The highest BCUT2D eigenvalue weighted by Crippen LogP contribution is 2.23. The van der Waals surface area contributed by atoms with E-state index in [4.69, 9.17) is 14.6 Å². The van der Waals surface area contributed by atoms with Crippen molar-refractivity contribution in [2.45, 2.75) is 76.0 Å². The Morgan fingerprint density at radius 3 is 2.41 bits per heavy atom. The summed E-state index contributed by atoms with van der Waals surface area (Å²) in [6, 6.07) is 0. The molecular weight excluding hydrogens is 292 g/mol. The van der Waals surface area contributed by atoms with Gasteiger partial charge in [0.25, 0.3) is 0 Å². The number of ether oxygens (including phenoxy) is 2. The van der Waals surface area contributed by atoms with Crippen molar-refractivity contribution >= 4 is 0 Å². The van der Waals surface area contributed by atoms with E-state index < -0.39 is 49.5 Å². The third kappa shape index (κ3) is 5.58. The van der Waals surface area contributed by atoms with E-state index in [0.29, 0.717) is 12.8 Å². The van der Waals surface area contributed by atoms with E-state index in [1.807, 2.05) is 19.1 Å². The zero-order valence-electron chi connectivity index (χ0n) is 13.1. The Kier molecular flexibility index (Phi) is 8.48. The highest BCUT2D eigenvalue weighted by Gasteiger charge is 2.44. The number of hydrogen-bond acceptors (Lipinski definition) is 7. The van der Waals surface area contributed by atoms with Gasteiger partial charge in [0, 0.05) is 0 Å². The summed E-state index contributed by atoms with van der Waals surface area (Å²) < 4.78 is 10.7. The number of hydrogen-bond donors (Lipinski definition) is 5. The molecule has 7 nitrogen and oxygen atoms in total. The van der Waals surface area contributed by atoms with E-state index in [2.05, 4.69) is 0 Å². The summed E-state index contributed by atoms with van der Waals surface area (Å²) in [5.41, 5.74) is 0. The molecule has 0 amide bonds. The van der Waals surface area contributed by atoms with Crippen molar-refractivity contribution in [1.29, 1.82) is 0 Å². The molecule has 0 aromatic carbocycles. The average molecular weight is 320 g/mol. The Labute approximate surface area is 130 Å². The van der Waals surface area contributed by atoms with E-state index in [0.717, 1.165) is 6.42 Å². The summed E-state index contributed by atoms with van der Waals surface area (Å²) in [6.45, 7) is 3.23. The molecule has 0 saturated carbocycles. The number of rotatable bonds is 8. The van der Waals surface area contributed by atoms with Gasteiger partial charge in [-0.1, -0.05) is 19.1 Å². The van der Waals surface area contributed by atoms with Crippen molar-refractivity contribution in [2.75, 3.05) is 6.61 Å². The Balaban J connectivity index is 2.48. The van der Waals surface area contributed by atoms with Gasteiger partial charge in [-0.15, -0.1) is 0 Å². The van der Waals surface area contributed by atoms with Gasteiger partial charge in [-0.05, 0) is 26.2 Å². The first-order valence-electron chi connectivity index (χ1n) is 7.69. The van der Waals surface area contributed by atoms with Crippen LogP contribution in [0.5, 0.6) is 0 Å². The molecule has 22 heavy (non-hydrogen) atoms. The lowest BCUT2D eigenvalue weighted by Crippen LogP contribution is -2.59. The fraction of sp³-hybridized carbons (Fsp3) is 0.867. The van der Waals surface area contributed by atoms with Crippen LogP contribution in [0.1, 0.15) is 33.1 Å². The molecule has 1 saturated heterocycles. The van der Waals surface area contributed by atoms with Gasteiger partial charge in [0.1, 0.15) is 24.4 Å². The Morgan fingerprint density at radius 2 is 1.82 bits per heavy atom. The number of allylic oxidation sites excluding steroid dienone is 1. The molecule has 1 aliphatic heterocycles. The second-order valence-electron chi connectivity index (χ2n) is 5.65. The van der Waals surface area contributed by atoms with Gasteiger partial charge in [-0.2, -0.15) is 0 Å². The van der Waals surface area contributed by atoms with Crippen LogP contribution in [-0.2, 0) is 9.47 Å². The zero-order valence-corrected chi connectivity index (χ0v) is 13.1. The minimum atomic E-state index is -1.46. The summed E-state index contributed by atoms with van der Waals surface area (Å²) >= 11 is 0. The normalized spacial score (nSPS) is 35.7. The third-order valence-electron chi connectivity index (χ3n) is 3.63. The zero-order chi connectivity index (χ0) is 16.7. The predicted octanol–water partition coefficient (Wildman–Crippen LogP) is -0.701. The van der Waals surface area contributed by atoms with Crippen molar-refractivity contribution in [3.63, 3.8) is 0 Å². The van der Waals surface area contributed by atoms with E-state index in [1.165, 1.54) is 0 Å². The Hall–Kier alpha value is -0.540. The fourth-order valence-corrected chi connectivity index (χ4v) is 2.36. The first-order chi connectivity index (χ1) is 10.4. The molecule has 1 aliphatic rings. The van der Waals surface area contributed by atoms with Crippen molar-refractivity contribution in [3.8, 4) is 0 Å². The van der Waals surface area contributed by atoms with Crippen LogP contribution in [0, 0.1) is 0 Å². The molecule has 0 aliphatic carbocycles. The minimum absolute atomic E-state index is 0.336. The van der Waals surface area contributed by atoms with Crippen molar-refractivity contribution in [1.82, 2.24) is 0 Å². The molecule has 1 rings (SSSR count). The number of aliphatic hydroxyl groups excluding tert-OH is 5. The summed E-state index contributed by atoms with van der Waals surface area (Å²) in [7, 11) is 0. The molecular formula is C15H28O7. The average Bonchev–Trinajstić information content (AvgIpc) is 2.48. The molecule has 0 bridgehead atoms. The first kappa shape index (κ1) is 19.5. The van der Waals surface area contributed by atoms with Crippen molar-refractivity contribution in [3.05, 3.63) is 12.2 Å². The molecule has 0 unspecified atom stereocenters. The standard InChI is InChI=1S/C15H28O7/c1-3-4-5-6-10(17)7-9(2)21-15-14(20)13(19)12(18)11(8-16)22-15/h4-5,9-20H,3,6-8H2,1-2H3/b5-4-/t9-,10-,11-,12-,13+,14-,15-/m1/s1. The third-order valence-corrected chi connectivity index (χ3v) is 3.63. The smallest absolute Gasteiger partial charge is 0.186 e. The summed E-state index contributed by atoms with van der Waals surface area (Å²) in [4.78, 5) is 0. The first-order valence-corrected chi connectivity index (χ1v) is 7.69. The molecule has 7 heteroatoms. The van der Waals surface area contributed by atoms with Crippen LogP contribution >= 0.6 is 0 Å². The van der Waals surface area contributed by atoms with Crippen LogP contribution in [0.25, 0.3) is 0 Å². The molecule has 1 heterocycles. The van der Waals surface area contributed by atoms with Crippen LogP contribution in [-0.4, -0.2) is 75.1 Å². The molecule has 0 spiro atoms. The second-order valence-corrected chi connectivity index (χ2v) is 5.65. The van der Waals surface area contributed by atoms with Gasteiger partial charge in [0.15, 0.2) is 6.29 Å². The van der Waals surface area contributed by atoms with Crippen LogP contribution in [0.3, 0.4) is 0 Å². The van der Waals surface area contributed by atoms with Gasteiger partial charge < -0.3 is 35.0 Å². The maximum atomic E-state index is 9.87. The summed E-state index contributed by atoms with van der Waals surface area (Å²) in [6.07, 6.45) is -1.83. The molecule has 0 aromatic rings. The van der Waals surface area contributed by atoms with Gasteiger partial charge in [0.2, 0.25) is 0 Å². The molecule has 130 valence electrons. The van der Waals surface area contributed by atoms with Gasteiger partial charge >= 0.3 is 0 Å². The quantitative estimate of drug-likeness (QED) is 0.375. The van der Waals surface area contributed by atoms with Crippen molar-refractivity contribution in [2.24, 2.45) is 0 Å². The van der Waals surface area contributed by atoms with Crippen LogP contribution in [0.4, 0.5) is 0 Å². The maximum Gasteiger partial charge on any atom is 0.186 e. The predicted molar refractivity (Wildman–Crippen MR) is 79.0 cm³/mol. The lowest BCUT2D eigenvalue weighted by Gasteiger charge is -2.40. The molecule has 0 radical (unpaired) electrons. The van der Waals surface area contributed by atoms with E-state index in [-0.39, 0.29) is 0 Å². The molecule has 0 aromatic heterocycles. The van der Waals surface area contributed by atoms with Crippen LogP contribution in [0.15, 0.2) is 12.2 Å². The highest BCUT2D eigenvalue weighted by atomic mass is 16.7. The summed E-state index contributed by atoms with van der Waals surface area (Å²) in [5.74, 6) is 0. The largest absolute Gasteiger partial charge is 0.394 e. The van der Waals surface area contributed by atoms with E-state index in [1.54, 1.807) is 6.92 Å². The lowest BCUT2D eigenvalue weighted by molar-refractivity contribution is -0.311. The molecule has 1 fully saturated rings. The minimum Gasteiger partial charge on any atom is -0.394 e. The number of aliphatic hydroxyl groups is 5. The van der Waals surface area contributed by atoms with E-state index in [9.17, 15) is 20.4 Å². The monoisotopic (exact) mass is 320 g/mol. The van der Waals surface area contributed by atoms with Crippen LogP contribution in [0.2, 0.25) is 0 Å². The Bertz CT molecular complexity index is 334. The summed E-state index contributed by atoms with van der Waals surface area (Å²) in [5, 5.41) is 48.2. The van der Waals surface area contributed by atoms with Crippen LogP contribution < -0.4 is 0 Å².